The molecule has 0 spiro atoms. The van der Waals surface area contributed by atoms with Crippen LogP contribution in [0.4, 0.5) is 11.4 Å². The van der Waals surface area contributed by atoms with Crippen molar-refractivity contribution in [2.24, 2.45) is 4.99 Å². The average Bonchev–Trinajstić information content (AvgIpc) is 2.78. The fourth-order valence-electron chi connectivity index (χ4n) is 3.96. The van der Waals surface area contributed by atoms with E-state index in [1.54, 1.807) is 6.20 Å². The fourth-order valence-corrected chi connectivity index (χ4v) is 3.96. The van der Waals surface area contributed by atoms with E-state index in [1.165, 1.54) is 5.56 Å². The van der Waals surface area contributed by atoms with Gasteiger partial charge in [-0.1, -0.05) is 58.4 Å². The molecule has 0 aliphatic heterocycles. The van der Waals surface area contributed by atoms with Crippen LogP contribution in [0.1, 0.15) is 80.4 Å². The van der Waals surface area contributed by atoms with Crippen LogP contribution in [0, 0.1) is 6.92 Å². The highest BCUT2D eigenvalue weighted by Gasteiger charge is 2.22. The molecule has 0 heterocycles. The maximum atomic E-state index is 12.9. The van der Waals surface area contributed by atoms with Gasteiger partial charge >= 0.3 is 5.97 Å². The second-order valence-electron chi connectivity index (χ2n) is 8.00. The van der Waals surface area contributed by atoms with Gasteiger partial charge in [0.25, 0.3) is 0 Å². The number of ether oxygens (including phenoxy) is 1. The van der Waals surface area contributed by atoms with Gasteiger partial charge in [0.2, 0.25) is 0 Å². The van der Waals surface area contributed by atoms with Crippen molar-refractivity contribution in [1.82, 2.24) is 0 Å². The van der Waals surface area contributed by atoms with Gasteiger partial charge < -0.3 is 10.1 Å². The van der Waals surface area contributed by atoms with E-state index in [-0.39, 0.29) is 5.97 Å². The highest BCUT2D eigenvalue weighted by Crippen LogP contribution is 2.38. The Balaban J connectivity index is 2.62. The third-order valence-corrected chi connectivity index (χ3v) is 5.63. The maximum absolute atomic E-state index is 12.9. The Morgan fingerprint density at radius 1 is 1.16 bits per heavy atom. The largest absolute Gasteiger partial charge is 0.462 e. The number of unbranched alkanes of at least 4 members (excludes halogenated alkanes) is 2. The van der Waals surface area contributed by atoms with E-state index in [9.17, 15) is 4.79 Å². The number of carbonyl (C=O) groups is 1. The van der Waals surface area contributed by atoms with Crippen LogP contribution in [0.3, 0.4) is 0 Å². The van der Waals surface area contributed by atoms with E-state index in [2.05, 4.69) is 61.9 Å². The number of carbonyl (C=O) groups excluding carboxylic acids is 1. The first kappa shape index (κ1) is 25.4. The van der Waals surface area contributed by atoms with Crippen molar-refractivity contribution in [3.8, 4) is 11.1 Å². The Morgan fingerprint density at radius 2 is 1.91 bits per heavy atom. The monoisotopic (exact) mass is 434 g/mol. The molecule has 0 aliphatic rings. The minimum absolute atomic E-state index is 0.285. The van der Waals surface area contributed by atoms with Crippen molar-refractivity contribution < 1.29 is 9.53 Å². The topological polar surface area (TPSA) is 50.7 Å². The molecule has 0 saturated heterocycles. The Kier molecular flexibility index (Phi) is 10.2. The summed E-state index contributed by atoms with van der Waals surface area (Å²) in [6.07, 6.45) is 9.41. The molecule has 32 heavy (non-hydrogen) atoms. The summed E-state index contributed by atoms with van der Waals surface area (Å²) in [6, 6.07) is 8.63. The lowest BCUT2D eigenvalue weighted by Gasteiger charge is -2.20. The number of aryl methyl sites for hydroxylation is 2. The third kappa shape index (κ3) is 6.09. The van der Waals surface area contributed by atoms with Crippen molar-refractivity contribution in [2.45, 2.75) is 73.1 Å². The summed E-state index contributed by atoms with van der Waals surface area (Å²) in [6.45, 7) is 14.6. The number of benzene rings is 2. The van der Waals surface area contributed by atoms with E-state index in [0.717, 1.165) is 72.2 Å². The fraction of sp³-hybridized carbons (Fsp3) is 0.429. The van der Waals surface area contributed by atoms with Gasteiger partial charge in [-0.3, -0.25) is 4.99 Å². The number of rotatable bonds is 12. The normalized spacial score (nSPS) is 11.0. The summed E-state index contributed by atoms with van der Waals surface area (Å²) >= 11 is 0. The molecule has 0 atom stereocenters. The molecule has 4 nitrogen and oxygen atoms in total. The zero-order valence-corrected chi connectivity index (χ0v) is 20.4. The summed E-state index contributed by atoms with van der Waals surface area (Å²) in [7, 11) is 0. The molecule has 2 aromatic rings. The lowest BCUT2D eigenvalue weighted by molar-refractivity contribution is 0.0500. The molecular weight excluding hydrogens is 396 g/mol. The van der Waals surface area contributed by atoms with E-state index < -0.39 is 0 Å². The Morgan fingerprint density at radius 3 is 2.53 bits per heavy atom. The predicted molar refractivity (Wildman–Crippen MR) is 137 cm³/mol. The molecule has 0 amide bonds. The van der Waals surface area contributed by atoms with Crippen LogP contribution in [0.2, 0.25) is 0 Å². The van der Waals surface area contributed by atoms with Gasteiger partial charge in [-0.15, -0.1) is 0 Å². The van der Waals surface area contributed by atoms with Crippen molar-refractivity contribution in [3.63, 3.8) is 0 Å². The minimum Gasteiger partial charge on any atom is -0.462 e. The van der Waals surface area contributed by atoms with Gasteiger partial charge in [0.05, 0.1) is 23.5 Å². The van der Waals surface area contributed by atoms with Crippen LogP contribution in [0.25, 0.3) is 11.1 Å². The smallest absolute Gasteiger partial charge is 0.340 e. The number of hydrogen-bond donors (Lipinski definition) is 1. The molecule has 0 aromatic heterocycles. The molecule has 0 aliphatic carbocycles. The van der Waals surface area contributed by atoms with Crippen LogP contribution in [-0.4, -0.2) is 18.8 Å². The number of anilines is 1. The second-order valence-corrected chi connectivity index (χ2v) is 8.00. The molecule has 0 unspecified atom stereocenters. The second kappa shape index (κ2) is 12.8. The van der Waals surface area contributed by atoms with Gasteiger partial charge in [-0.05, 0) is 79.6 Å². The maximum Gasteiger partial charge on any atom is 0.340 e. The van der Waals surface area contributed by atoms with Gasteiger partial charge in [0.1, 0.15) is 0 Å². The minimum atomic E-state index is -0.285. The lowest BCUT2D eigenvalue weighted by atomic mass is 9.89. The van der Waals surface area contributed by atoms with Crippen LogP contribution in [0.15, 0.2) is 42.0 Å². The number of esters is 1. The molecule has 0 saturated carbocycles. The van der Waals surface area contributed by atoms with Crippen LogP contribution in [-0.2, 0) is 17.6 Å². The summed E-state index contributed by atoms with van der Waals surface area (Å²) in [5.41, 5.74) is 7.83. The van der Waals surface area contributed by atoms with Crippen molar-refractivity contribution in [2.75, 3.05) is 11.9 Å². The highest BCUT2D eigenvalue weighted by molar-refractivity contribution is 6.00. The molecule has 0 fully saturated rings. The van der Waals surface area contributed by atoms with Crippen LogP contribution >= 0.6 is 0 Å². The first-order chi connectivity index (χ1) is 15.5. The number of hydrogen-bond acceptors (Lipinski definition) is 4. The average molecular weight is 435 g/mol. The Labute approximate surface area is 193 Å². The molecule has 4 heteroatoms. The molecule has 172 valence electrons. The van der Waals surface area contributed by atoms with Gasteiger partial charge in [0.15, 0.2) is 0 Å². The number of aliphatic imine (C=N–C) groups is 1. The predicted octanol–water partition coefficient (Wildman–Crippen LogP) is 7.80. The molecule has 0 bridgehead atoms. The zero-order chi connectivity index (χ0) is 23.5. The zero-order valence-electron chi connectivity index (χ0n) is 20.4. The van der Waals surface area contributed by atoms with Gasteiger partial charge in [-0.25, -0.2) is 4.79 Å². The SMILES string of the molecule is C=CNc1c(CC)c(-c2ccc(CCCC)c(N=CC)c2)cc(C)c1C(=O)OCCCC. The number of nitrogens with zero attached hydrogens (tertiary/aromatic N) is 1. The quantitative estimate of drug-likeness (QED) is 0.211. The Bertz CT molecular complexity index is 960. The van der Waals surface area contributed by atoms with Gasteiger partial charge in [-0.2, -0.15) is 0 Å². The summed E-state index contributed by atoms with van der Waals surface area (Å²) < 4.78 is 5.55. The lowest BCUT2D eigenvalue weighted by Crippen LogP contribution is -2.13. The summed E-state index contributed by atoms with van der Waals surface area (Å²) in [5, 5.41) is 3.23. The first-order valence-electron chi connectivity index (χ1n) is 11.8. The molecule has 2 aromatic carbocycles. The van der Waals surface area contributed by atoms with Crippen molar-refractivity contribution in [1.29, 1.82) is 0 Å². The van der Waals surface area contributed by atoms with E-state index in [1.807, 2.05) is 20.1 Å². The highest BCUT2D eigenvalue weighted by atomic mass is 16.5. The van der Waals surface area contributed by atoms with Crippen LogP contribution in [0.5, 0.6) is 0 Å². The first-order valence-corrected chi connectivity index (χ1v) is 11.8. The molecule has 2 rings (SSSR count). The Hall–Kier alpha value is -2.88. The molecule has 1 N–H and O–H groups in total. The van der Waals surface area contributed by atoms with Crippen molar-refractivity contribution >= 4 is 23.6 Å². The third-order valence-electron chi connectivity index (χ3n) is 5.63. The standard InChI is InChI=1S/C28H38N2O2/c1-7-12-14-21-15-16-22(19-25(21)29-10-4)24-18-20(6)26(28(31)32-17-13-8-2)27(30-11-5)23(24)9-3/h10-11,15-16,18-19,30H,5,7-9,12-14,17H2,1-4,6H3. The van der Waals surface area contributed by atoms with E-state index in [4.69, 9.17) is 4.74 Å². The summed E-state index contributed by atoms with van der Waals surface area (Å²) in [5.74, 6) is -0.285. The van der Waals surface area contributed by atoms with E-state index >= 15 is 0 Å². The number of nitrogens with one attached hydrogen (secondary N) is 1. The molecule has 0 radical (unpaired) electrons. The van der Waals surface area contributed by atoms with Crippen molar-refractivity contribution in [3.05, 3.63) is 59.3 Å². The van der Waals surface area contributed by atoms with E-state index in [0.29, 0.717) is 12.2 Å². The molecular formula is C28H38N2O2. The summed E-state index contributed by atoms with van der Waals surface area (Å²) in [4.78, 5) is 17.6. The van der Waals surface area contributed by atoms with Crippen LogP contribution < -0.4 is 5.32 Å². The van der Waals surface area contributed by atoms with Gasteiger partial charge in [0, 0.05) is 6.21 Å².